The number of amides is 1. The predicted molar refractivity (Wildman–Crippen MR) is 117 cm³/mol. The van der Waals surface area contributed by atoms with Gasteiger partial charge in [0.05, 0.1) is 11.1 Å². The first-order valence-electron chi connectivity index (χ1n) is 9.45. The monoisotopic (exact) mass is 413 g/mol. The summed E-state index contributed by atoms with van der Waals surface area (Å²) in [5.41, 5.74) is 4.09. The van der Waals surface area contributed by atoms with E-state index in [9.17, 15) is 9.59 Å². The standard InChI is InChI=1S/C21H23N3O2S2/c1-11-5-7-15(13(3)8-11)22-17(25)10-27-21-23-19(26)18-14-6-4-12(2)9-16(14)28-20(18)24-21/h5,7-8,12H,4,6,9-10H2,1-3H3,(H,22,25)(H,23,24,26)/t12-/m1/s1. The third-order valence-corrected chi connectivity index (χ3v) is 7.16. The topological polar surface area (TPSA) is 74.8 Å². The van der Waals surface area contributed by atoms with E-state index in [1.165, 1.54) is 22.2 Å². The summed E-state index contributed by atoms with van der Waals surface area (Å²) in [5, 5.41) is 4.17. The molecule has 2 heterocycles. The van der Waals surface area contributed by atoms with Crippen molar-refractivity contribution in [3.63, 3.8) is 0 Å². The van der Waals surface area contributed by atoms with Gasteiger partial charge in [-0.15, -0.1) is 11.3 Å². The summed E-state index contributed by atoms with van der Waals surface area (Å²) in [6.45, 7) is 6.25. The molecule has 0 aliphatic heterocycles. The Morgan fingerprint density at radius 3 is 3.00 bits per heavy atom. The summed E-state index contributed by atoms with van der Waals surface area (Å²) in [4.78, 5) is 34.5. The lowest BCUT2D eigenvalue weighted by Crippen LogP contribution is -2.16. The molecule has 1 amide bonds. The van der Waals surface area contributed by atoms with Gasteiger partial charge in [-0.25, -0.2) is 4.98 Å². The first-order chi connectivity index (χ1) is 13.4. The van der Waals surface area contributed by atoms with Crippen molar-refractivity contribution < 1.29 is 4.79 Å². The molecule has 0 bridgehead atoms. The Bertz CT molecular complexity index is 1120. The molecule has 2 N–H and O–H groups in total. The summed E-state index contributed by atoms with van der Waals surface area (Å²) in [7, 11) is 0. The van der Waals surface area contributed by atoms with Crippen LogP contribution in [0.4, 0.5) is 5.69 Å². The number of aromatic amines is 1. The van der Waals surface area contributed by atoms with Crippen LogP contribution in [0.1, 0.15) is 34.9 Å². The maximum Gasteiger partial charge on any atom is 0.260 e. The lowest BCUT2D eigenvalue weighted by atomic mass is 9.89. The number of carbonyl (C=O) groups excluding carboxylic acids is 1. The van der Waals surface area contributed by atoms with Crippen molar-refractivity contribution in [2.24, 2.45) is 5.92 Å². The van der Waals surface area contributed by atoms with E-state index in [0.29, 0.717) is 11.1 Å². The van der Waals surface area contributed by atoms with E-state index in [1.54, 1.807) is 11.3 Å². The number of thioether (sulfide) groups is 1. The second-order valence-electron chi connectivity index (χ2n) is 7.56. The van der Waals surface area contributed by atoms with Crippen LogP contribution < -0.4 is 10.9 Å². The van der Waals surface area contributed by atoms with Crippen molar-refractivity contribution in [1.29, 1.82) is 0 Å². The Hall–Kier alpha value is -2.12. The number of thiophene rings is 1. The van der Waals surface area contributed by atoms with E-state index in [-0.39, 0.29) is 17.2 Å². The molecule has 3 aromatic rings. The smallest absolute Gasteiger partial charge is 0.260 e. The van der Waals surface area contributed by atoms with Crippen molar-refractivity contribution in [1.82, 2.24) is 9.97 Å². The number of rotatable bonds is 4. The molecule has 28 heavy (non-hydrogen) atoms. The number of nitrogens with one attached hydrogen (secondary N) is 2. The second-order valence-corrected chi connectivity index (χ2v) is 9.61. The van der Waals surface area contributed by atoms with E-state index in [1.807, 2.05) is 32.0 Å². The van der Waals surface area contributed by atoms with Gasteiger partial charge in [0.15, 0.2) is 5.16 Å². The van der Waals surface area contributed by atoms with Crippen LogP contribution in [0.15, 0.2) is 28.2 Å². The van der Waals surface area contributed by atoms with Crippen LogP contribution in [-0.2, 0) is 17.6 Å². The number of hydrogen-bond acceptors (Lipinski definition) is 5. The molecule has 0 radical (unpaired) electrons. The SMILES string of the molecule is Cc1ccc(NC(=O)CSc2nc3sc4c(c3c(=O)[nH]2)CC[C@@H](C)C4)c(C)c1. The number of H-pyrrole nitrogens is 1. The van der Waals surface area contributed by atoms with E-state index in [0.717, 1.165) is 46.3 Å². The summed E-state index contributed by atoms with van der Waals surface area (Å²) >= 11 is 2.89. The molecular formula is C21H23N3O2S2. The van der Waals surface area contributed by atoms with Crippen LogP contribution in [0.5, 0.6) is 0 Å². The first kappa shape index (κ1) is 19.2. The fourth-order valence-electron chi connectivity index (χ4n) is 3.67. The highest BCUT2D eigenvalue weighted by Crippen LogP contribution is 2.36. The fourth-order valence-corrected chi connectivity index (χ4v) is 5.77. The summed E-state index contributed by atoms with van der Waals surface area (Å²) in [5.74, 6) is 0.741. The molecule has 1 aliphatic rings. The molecule has 0 fully saturated rings. The van der Waals surface area contributed by atoms with Crippen LogP contribution in [0.2, 0.25) is 0 Å². The van der Waals surface area contributed by atoms with Gasteiger partial charge in [-0.1, -0.05) is 36.4 Å². The molecule has 1 aliphatic carbocycles. The highest BCUT2D eigenvalue weighted by molar-refractivity contribution is 7.99. The zero-order valence-electron chi connectivity index (χ0n) is 16.2. The van der Waals surface area contributed by atoms with Gasteiger partial charge < -0.3 is 10.3 Å². The Kier molecular flexibility index (Phi) is 5.29. The lowest BCUT2D eigenvalue weighted by Gasteiger charge is -2.17. The van der Waals surface area contributed by atoms with Crippen LogP contribution in [0.25, 0.3) is 10.2 Å². The number of hydrogen-bond donors (Lipinski definition) is 2. The molecule has 1 atom stereocenters. The molecule has 0 unspecified atom stereocenters. The third-order valence-electron chi connectivity index (χ3n) is 5.14. The van der Waals surface area contributed by atoms with Gasteiger partial charge in [0.1, 0.15) is 4.83 Å². The van der Waals surface area contributed by atoms with Crippen LogP contribution in [-0.4, -0.2) is 21.6 Å². The highest BCUT2D eigenvalue weighted by atomic mass is 32.2. The average molecular weight is 414 g/mol. The second kappa shape index (κ2) is 7.72. The normalized spacial score (nSPS) is 16.2. The fraction of sp³-hybridized carbons (Fsp3) is 0.381. The van der Waals surface area contributed by atoms with Crippen LogP contribution in [0, 0.1) is 19.8 Å². The number of nitrogens with zero attached hydrogens (tertiary/aromatic N) is 1. The van der Waals surface area contributed by atoms with Crippen molar-refractivity contribution >= 4 is 44.9 Å². The number of aryl methyl sites for hydroxylation is 3. The predicted octanol–water partition coefficient (Wildman–Crippen LogP) is 4.46. The maximum atomic E-state index is 12.6. The van der Waals surface area contributed by atoms with Gasteiger partial charge in [0.2, 0.25) is 5.91 Å². The summed E-state index contributed by atoms with van der Waals surface area (Å²) in [6, 6.07) is 5.92. The van der Waals surface area contributed by atoms with Crippen molar-refractivity contribution in [3.8, 4) is 0 Å². The molecular weight excluding hydrogens is 390 g/mol. The largest absolute Gasteiger partial charge is 0.325 e. The zero-order chi connectivity index (χ0) is 19.8. The molecule has 7 heteroatoms. The van der Waals surface area contributed by atoms with E-state index in [2.05, 4.69) is 22.2 Å². The molecule has 2 aromatic heterocycles. The lowest BCUT2D eigenvalue weighted by molar-refractivity contribution is -0.113. The molecule has 1 aromatic carbocycles. The van der Waals surface area contributed by atoms with E-state index < -0.39 is 0 Å². The summed E-state index contributed by atoms with van der Waals surface area (Å²) in [6.07, 6.45) is 3.09. The summed E-state index contributed by atoms with van der Waals surface area (Å²) < 4.78 is 0. The van der Waals surface area contributed by atoms with Gasteiger partial charge >= 0.3 is 0 Å². The van der Waals surface area contributed by atoms with Crippen molar-refractivity contribution in [3.05, 3.63) is 50.1 Å². The van der Waals surface area contributed by atoms with Gasteiger partial charge in [-0.3, -0.25) is 9.59 Å². The zero-order valence-corrected chi connectivity index (χ0v) is 17.9. The minimum Gasteiger partial charge on any atom is -0.325 e. The van der Waals surface area contributed by atoms with Crippen molar-refractivity contribution in [2.45, 2.75) is 45.2 Å². The Morgan fingerprint density at radius 1 is 1.39 bits per heavy atom. The van der Waals surface area contributed by atoms with Gasteiger partial charge in [0.25, 0.3) is 5.56 Å². The van der Waals surface area contributed by atoms with Gasteiger partial charge in [-0.2, -0.15) is 0 Å². The highest BCUT2D eigenvalue weighted by Gasteiger charge is 2.23. The van der Waals surface area contributed by atoms with E-state index >= 15 is 0 Å². The van der Waals surface area contributed by atoms with Crippen molar-refractivity contribution in [2.75, 3.05) is 11.1 Å². The molecule has 5 nitrogen and oxygen atoms in total. The molecule has 4 rings (SSSR count). The Balaban J connectivity index is 1.49. The van der Waals surface area contributed by atoms with Crippen LogP contribution >= 0.6 is 23.1 Å². The molecule has 0 spiro atoms. The molecule has 0 saturated heterocycles. The maximum absolute atomic E-state index is 12.6. The van der Waals surface area contributed by atoms with Gasteiger partial charge in [0, 0.05) is 10.6 Å². The minimum atomic E-state index is -0.112. The Morgan fingerprint density at radius 2 is 2.21 bits per heavy atom. The minimum absolute atomic E-state index is 0.0886. The van der Waals surface area contributed by atoms with Crippen LogP contribution in [0.3, 0.4) is 0 Å². The number of carbonyl (C=O) groups is 1. The first-order valence-corrected chi connectivity index (χ1v) is 11.3. The average Bonchev–Trinajstić information content (AvgIpc) is 3.00. The number of aromatic nitrogens is 2. The number of anilines is 1. The van der Waals surface area contributed by atoms with Gasteiger partial charge in [-0.05, 0) is 56.2 Å². The third kappa shape index (κ3) is 3.86. The molecule has 0 saturated carbocycles. The quantitative estimate of drug-likeness (QED) is 0.489. The number of benzene rings is 1. The number of fused-ring (bicyclic) bond motifs is 3. The molecule has 146 valence electrons. The van der Waals surface area contributed by atoms with E-state index in [4.69, 9.17) is 0 Å². The Labute approximate surface area is 172 Å².